The second-order valence-corrected chi connectivity index (χ2v) is 4.41. The highest BCUT2D eigenvalue weighted by Gasteiger charge is 2.10. The zero-order valence-electron chi connectivity index (χ0n) is 11.4. The summed E-state index contributed by atoms with van der Waals surface area (Å²) in [5.41, 5.74) is 5.34. The van der Waals surface area contributed by atoms with Crippen molar-refractivity contribution in [3.8, 4) is 5.75 Å². The molecule has 5 N–H and O–H groups in total. The molecule has 0 aliphatic carbocycles. The van der Waals surface area contributed by atoms with Gasteiger partial charge in [0.05, 0.1) is 6.61 Å². The monoisotopic (exact) mass is 279 g/mol. The summed E-state index contributed by atoms with van der Waals surface area (Å²) in [7, 11) is 0. The first kappa shape index (κ1) is 15.8. The molecular weight excluding hydrogens is 258 g/mol. The number of guanidine groups is 1. The van der Waals surface area contributed by atoms with E-state index in [0.717, 1.165) is 25.7 Å². The number of phenolic OH excluding ortho intramolecular Hbond substituents is 1. The average molecular weight is 279 g/mol. The zero-order valence-corrected chi connectivity index (χ0v) is 11.4. The lowest BCUT2D eigenvalue weighted by atomic mass is 10.2. The van der Waals surface area contributed by atoms with Crippen LogP contribution in [0.4, 0.5) is 0 Å². The fourth-order valence-electron chi connectivity index (χ4n) is 1.69. The topological polar surface area (TPSA) is 108 Å². The minimum absolute atomic E-state index is 0.0124. The molecule has 0 aliphatic rings. The molecule has 20 heavy (non-hydrogen) atoms. The lowest BCUT2D eigenvalue weighted by Gasteiger charge is -2.06. The molecule has 0 fully saturated rings. The van der Waals surface area contributed by atoms with Gasteiger partial charge in [-0.15, -0.1) is 0 Å². The van der Waals surface area contributed by atoms with Crippen LogP contribution in [-0.2, 0) is 4.74 Å². The summed E-state index contributed by atoms with van der Waals surface area (Å²) in [5.74, 6) is -0.573. The Bertz CT molecular complexity index is 449. The van der Waals surface area contributed by atoms with Gasteiger partial charge in [0.1, 0.15) is 11.3 Å². The maximum absolute atomic E-state index is 11.6. The number of aromatic hydroxyl groups is 1. The zero-order chi connectivity index (χ0) is 14.8. The molecule has 1 aromatic rings. The van der Waals surface area contributed by atoms with Crippen molar-refractivity contribution in [2.24, 2.45) is 5.73 Å². The van der Waals surface area contributed by atoms with Gasteiger partial charge < -0.3 is 20.9 Å². The number of phenols is 1. The van der Waals surface area contributed by atoms with Crippen LogP contribution >= 0.6 is 0 Å². The van der Waals surface area contributed by atoms with E-state index in [0.29, 0.717) is 13.2 Å². The maximum Gasteiger partial charge on any atom is 0.341 e. The van der Waals surface area contributed by atoms with Gasteiger partial charge in [0.2, 0.25) is 0 Å². The van der Waals surface area contributed by atoms with E-state index >= 15 is 0 Å². The second kappa shape index (κ2) is 8.79. The minimum Gasteiger partial charge on any atom is -0.507 e. The summed E-state index contributed by atoms with van der Waals surface area (Å²) in [6.07, 6.45) is 3.62. The van der Waals surface area contributed by atoms with Crippen LogP contribution in [0.2, 0.25) is 0 Å². The van der Waals surface area contributed by atoms with Crippen molar-refractivity contribution >= 4 is 11.9 Å². The van der Waals surface area contributed by atoms with Crippen LogP contribution in [0.5, 0.6) is 5.75 Å². The van der Waals surface area contributed by atoms with Crippen molar-refractivity contribution in [2.45, 2.75) is 25.7 Å². The van der Waals surface area contributed by atoms with Gasteiger partial charge in [-0.1, -0.05) is 18.6 Å². The van der Waals surface area contributed by atoms with E-state index in [1.165, 1.54) is 12.1 Å². The predicted molar refractivity (Wildman–Crippen MR) is 76.8 cm³/mol. The van der Waals surface area contributed by atoms with Crippen molar-refractivity contribution < 1.29 is 14.6 Å². The number of nitrogens with two attached hydrogens (primary N) is 1. The smallest absolute Gasteiger partial charge is 0.341 e. The first-order chi connectivity index (χ1) is 9.61. The number of hydrogen-bond donors (Lipinski definition) is 4. The number of unbranched alkanes of at least 4 members (excludes halogenated alkanes) is 3. The number of ether oxygens (including phenoxy) is 1. The predicted octanol–water partition coefficient (Wildman–Crippen LogP) is 1.59. The SMILES string of the molecule is N=C(N)NCCCCCCOC(=O)c1ccccc1O. The van der Waals surface area contributed by atoms with Gasteiger partial charge in [0.25, 0.3) is 0 Å². The van der Waals surface area contributed by atoms with Crippen molar-refractivity contribution in [3.05, 3.63) is 29.8 Å². The van der Waals surface area contributed by atoms with Crippen molar-refractivity contribution in [3.63, 3.8) is 0 Å². The highest BCUT2D eigenvalue weighted by atomic mass is 16.5. The Kier molecular flexibility index (Phi) is 6.95. The molecule has 0 saturated heterocycles. The Morgan fingerprint density at radius 2 is 1.95 bits per heavy atom. The number of para-hydroxylation sites is 1. The molecule has 0 heterocycles. The Morgan fingerprint density at radius 3 is 2.65 bits per heavy atom. The van der Waals surface area contributed by atoms with Crippen LogP contribution in [0.1, 0.15) is 36.0 Å². The van der Waals surface area contributed by atoms with Crippen molar-refractivity contribution in [1.82, 2.24) is 5.32 Å². The molecule has 0 aromatic heterocycles. The Labute approximate surface area is 118 Å². The van der Waals surface area contributed by atoms with Crippen LogP contribution in [0.25, 0.3) is 0 Å². The molecule has 1 aromatic carbocycles. The van der Waals surface area contributed by atoms with Gasteiger partial charge in [-0.2, -0.15) is 0 Å². The molecule has 0 atom stereocenters. The lowest BCUT2D eigenvalue weighted by molar-refractivity contribution is 0.0494. The Hall–Kier alpha value is -2.24. The second-order valence-electron chi connectivity index (χ2n) is 4.41. The summed E-state index contributed by atoms with van der Waals surface area (Å²) in [6.45, 7) is 1.03. The standard InChI is InChI=1S/C14H21N3O3/c15-14(16)17-9-5-1-2-6-10-20-13(19)11-7-3-4-8-12(11)18/h3-4,7-8,18H,1-2,5-6,9-10H2,(H4,15,16,17). The summed E-state index contributed by atoms with van der Waals surface area (Å²) in [6, 6.07) is 6.32. The molecule has 6 heteroatoms. The van der Waals surface area contributed by atoms with E-state index in [1.807, 2.05) is 0 Å². The Balaban J connectivity index is 2.08. The number of esters is 1. The number of benzene rings is 1. The molecule has 0 amide bonds. The van der Waals surface area contributed by atoms with E-state index in [4.69, 9.17) is 15.9 Å². The largest absolute Gasteiger partial charge is 0.507 e. The highest BCUT2D eigenvalue weighted by molar-refractivity contribution is 5.92. The van der Waals surface area contributed by atoms with Gasteiger partial charge in [-0.25, -0.2) is 4.79 Å². The van der Waals surface area contributed by atoms with Crippen LogP contribution in [0.15, 0.2) is 24.3 Å². The summed E-state index contributed by atoms with van der Waals surface area (Å²) in [5, 5.41) is 19.2. The summed E-state index contributed by atoms with van der Waals surface area (Å²) in [4.78, 5) is 11.6. The first-order valence-corrected chi connectivity index (χ1v) is 6.64. The third-order valence-corrected chi connectivity index (χ3v) is 2.74. The van der Waals surface area contributed by atoms with E-state index < -0.39 is 5.97 Å². The third kappa shape index (κ3) is 6.08. The van der Waals surface area contributed by atoms with Crippen LogP contribution in [0, 0.1) is 5.41 Å². The number of rotatable bonds is 8. The third-order valence-electron chi connectivity index (χ3n) is 2.74. The maximum atomic E-state index is 11.6. The molecule has 0 spiro atoms. The Morgan fingerprint density at radius 1 is 1.25 bits per heavy atom. The van der Waals surface area contributed by atoms with E-state index in [2.05, 4.69) is 5.32 Å². The normalized spacial score (nSPS) is 10.0. The molecule has 110 valence electrons. The van der Waals surface area contributed by atoms with Gasteiger partial charge >= 0.3 is 5.97 Å². The fraction of sp³-hybridized carbons (Fsp3) is 0.429. The van der Waals surface area contributed by atoms with Gasteiger partial charge in [-0.05, 0) is 31.4 Å². The molecular formula is C14H21N3O3. The molecule has 1 rings (SSSR count). The van der Waals surface area contributed by atoms with E-state index in [1.54, 1.807) is 12.1 Å². The molecule has 6 nitrogen and oxygen atoms in total. The van der Waals surface area contributed by atoms with Crippen LogP contribution in [-0.4, -0.2) is 30.2 Å². The lowest BCUT2D eigenvalue weighted by Crippen LogP contribution is -2.30. The molecule has 0 bridgehead atoms. The number of nitrogens with one attached hydrogen (secondary N) is 2. The van der Waals surface area contributed by atoms with Crippen molar-refractivity contribution in [2.75, 3.05) is 13.2 Å². The van der Waals surface area contributed by atoms with Gasteiger partial charge in [0.15, 0.2) is 5.96 Å². The molecule has 0 saturated carbocycles. The average Bonchev–Trinajstić information content (AvgIpc) is 2.41. The fourth-order valence-corrected chi connectivity index (χ4v) is 1.69. The van der Waals surface area contributed by atoms with Gasteiger partial charge in [0, 0.05) is 6.54 Å². The first-order valence-electron chi connectivity index (χ1n) is 6.64. The van der Waals surface area contributed by atoms with Crippen LogP contribution in [0.3, 0.4) is 0 Å². The summed E-state index contributed by atoms with van der Waals surface area (Å²) < 4.78 is 5.09. The quantitative estimate of drug-likeness (QED) is 0.250. The summed E-state index contributed by atoms with van der Waals surface area (Å²) >= 11 is 0. The number of carbonyl (C=O) groups excluding carboxylic acids is 1. The highest BCUT2D eigenvalue weighted by Crippen LogP contribution is 2.16. The minimum atomic E-state index is -0.499. The molecule has 0 radical (unpaired) electrons. The van der Waals surface area contributed by atoms with Gasteiger partial charge in [-0.3, -0.25) is 5.41 Å². The molecule has 0 unspecified atom stereocenters. The van der Waals surface area contributed by atoms with Crippen LogP contribution < -0.4 is 11.1 Å². The number of carbonyl (C=O) groups is 1. The van der Waals surface area contributed by atoms with E-state index in [9.17, 15) is 9.90 Å². The number of hydrogen-bond acceptors (Lipinski definition) is 4. The molecule has 0 aliphatic heterocycles. The van der Waals surface area contributed by atoms with E-state index in [-0.39, 0.29) is 17.3 Å². The van der Waals surface area contributed by atoms with Crippen molar-refractivity contribution in [1.29, 1.82) is 5.41 Å².